The number of nitrogens with zero attached hydrogens (tertiary/aromatic N) is 4. The highest BCUT2D eigenvalue weighted by molar-refractivity contribution is 9.55. The quantitative estimate of drug-likeness (QED) is 0.0362. The molecule has 602 valence electrons. The lowest BCUT2D eigenvalue weighted by molar-refractivity contribution is 0.190. The second-order valence-electron chi connectivity index (χ2n) is 19.8. The summed E-state index contributed by atoms with van der Waals surface area (Å²) < 4.78 is 51.4. The number of rotatable bonds is 41. The summed E-state index contributed by atoms with van der Waals surface area (Å²) in [7, 11) is 116. The van der Waals surface area contributed by atoms with Crippen LogP contribution in [0, 0.1) is 5.82 Å². The van der Waals surface area contributed by atoms with E-state index in [9.17, 15) is 12.8 Å². The number of halogens is 1. The molecule has 105 heavy (non-hydrogen) atoms. The lowest BCUT2D eigenvalue weighted by Crippen LogP contribution is -2.28. The van der Waals surface area contributed by atoms with E-state index in [2.05, 4.69) is 320 Å². The summed E-state index contributed by atoms with van der Waals surface area (Å²) in [6.07, 6.45) is 2.51. The van der Waals surface area contributed by atoms with Gasteiger partial charge in [0.05, 0.1) is 34.2 Å². The second kappa shape index (κ2) is 63.2. The SMILES string of the molecule is CC(CCO)S(=O)(=O)c1ccc(-c2cnc(N)c(-c3nnc(-c4ccc(CN[C@H]5CCOC5)cc4F)o3)n2)cc1.PPP(P(P)P)P(P(P)P)P(P(P(P)P)P(P)P)P(P(P(P(P)P)P(P)P)P(P(P)P)P(P)P)P(P(P(P(P)P)P(P)P)P(P(P)P)P(P)P)P(P(P(P)P)P(P)P)P(P(P)P)P(P)P. The highest BCUT2D eigenvalue weighted by Gasteiger charge is 2.62. The Morgan fingerprint density at radius 3 is 1.22 bits per heavy atom. The first kappa shape index (κ1) is 121. The van der Waals surface area contributed by atoms with Crippen molar-refractivity contribution >= 4 is 535 Å². The smallest absolute Gasteiger partial charge is 0.270 e. The van der Waals surface area contributed by atoms with E-state index in [0.717, 1.165) is 26.5 Å². The number of hydrogen-bond acceptors (Lipinski definition) is 11. The normalized spacial score (nSPS) is 16.4. The van der Waals surface area contributed by atoms with Crippen LogP contribution in [0.4, 0.5) is 10.2 Å². The molecule has 5 rings (SSSR count). The number of nitrogens with two attached hydrogens (primary N) is 1. The molecule has 4 N–H and O–H groups in total. The molecule has 0 spiro atoms. The first-order valence-electron chi connectivity index (χ1n) is 27.5. The molecule has 1 fully saturated rings. The summed E-state index contributed by atoms with van der Waals surface area (Å²) in [5.74, 6) is -0.540. The number of sulfone groups is 1. The monoisotopic (exact) mass is 2650 g/mol. The molecule has 39 unspecified atom stereocenters. The van der Waals surface area contributed by atoms with Crippen LogP contribution in [0.25, 0.3) is 34.3 Å². The summed E-state index contributed by atoms with van der Waals surface area (Å²) in [5.41, 5.74) is 8.05. The van der Waals surface area contributed by atoms with E-state index >= 15 is 0 Å². The van der Waals surface area contributed by atoms with Crippen LogP contribution in [0.1, 0.15) is 25.3 Å². The Labute approximate surface area is 740 Å². The van der Waals surface area contributed by atoms with E-state index in [0.29, 0.717) is 24.4 Å². The van der Waals surface area contributed by atoms with Gasteiger partial charge in [-0.3, -0.25) is 0 Å². The number of nitrogens with one attached hydrogen (secondary N) is 1. The maximum absolute atomic E-state index is 14.9. The van der Waals surface area contributed by atoms with Crippen molar-refractivity contribution in [2.45, 2.75) is 42.5 Å². The van der Waals surface area contributed by atoms with Gasteiger partial charge in [0.1, 0.15) is 5.82 Å². The maximum Gasteiger partial charge on any atom is 0.270 e. The van der Waals surface area contributed by atoms with Crippen LogP contribution >= 0.6 is 519 Å². The third-order valence-corrected chi connectivity index (χ3v) is 469. The summed E-state index contributed by atoms with van der Waals surface area (Å²) in [6.45, 7) is -4.57. The van der Waals surface area contributed by atoms with Crippen molar-refractivity contribution in [3.63, 3.8) is 0 Å². The van der Waals surface area contributed by atoms with Gasteiger partial charge in [-0.2, -0.15) is 0 Å². The molecule has 0 aliphatic carbocycles. The van der Waals surface area contributed by atoms with Gasteiger partial charge in [-0.25, -0.2) is 22.8 Å². The third kappa shape index (κ3) is 38.5. The van der Waals surface area contributed by atoms with Gasteiger partial charge in [-0.05, 0) is 266 Å². The molecule has 0 amide bonds. The highest BCUT2D eigenvalue weighted by Crippen LogP contribution is 3.49. The first-order valence-corrected chi connectivity index (χ1v) is 147. The number of aliphatic hydroxyl groups is 1. The number of aromatic nitrogens is 4. The van der Waals surface area contributed by atoms with Crippen molar-refractivity contribution in [1.82, 2.24) is 25.5 Å². The molecule has 3 heterocycles. The molecular formula is C27H96FN6O5P65S. The largest absolute Gasteiger partial charge is 0.414 e. The van der Waals surface area contributed by atoms with E-state index in [-0.39, 0.29) is 269 Å². The van der Waals surface area contributed by atoms with E-state index in [4.69, 9.17) is 20.0 Å². The highest BCUT2D eigenvalue weighted by atomic mass is 33.6. The molecular weight excluding hydrogens is 2550 g/mol. The molecule has 40 atom stereocenters. The Balaban J connectivity index is 0.000000492. The van der Waals surface area contributed by atoms with Crippen LogP contribution in [0.5, 0.6) is 0 Å². The van der Waals surface area contributed by atoms with Crippen LogP contribution in [0.15, 0.2) is 58.0 Å². The van der Waals surface area contributed by atoms with E-state index in [1.807, 2.05) is 0 Å². The van der Waals surface area contributed by atoms with E-state index in [1.54, 1.807) is 31.2 Å². The molecule has 1 aliphatic heterocycles. The fourth-order valence-electron chi connectivity index (χ4n) is 8.20. The van der Waals surface area contributed by atoms with Crippen molar-refractivity contribution in [2.75, 3.05) is 25.6 Å². The van der Waals surface area contributed by atoms with Gasteiger partial charge in [-0.15, -0.1) is 305 Å². The molecule has 78 heteroatoms. The summed E-state index contributed by atoms with van der Waals surface area (Å²) in [5, 5.41) is 19.7. The lowest BCUT2D eigenvalue weighted by Gasteiger charge is -2.61. The van der Waals surface area contributed by atoms with Crippen molar-refractivity contribution < 1.29 is 27.1 Å². The Hall–Kier alpha value is 24.2. The van der Waals surface area contributed by atoms with Gasteiger partial charge in [0.25, 0.3) is 11.8 Å². The fourth-order valence-corrected chi connectivity index (χ4v) is 952. The standard InChI is InChI=1S/C27H29FN6O5S.H67P65/c1-16(8-10-35)40(36,37)20-5-3-18(4-6-20)23-14-31-25(29)24(32-23)27-34-33-26(39-27)21-7-2-17(12-22(21)28)13-30-19-9-11-38-15-19;1-34-51(35(2)3)59(50(32)33)63(58(48(28)29)49(30)31)65(62(56(44(20)21)45(22)23)57(46(24)25)47(26)27)64(60(52(36(4)5)37(6)7)53(38(8)9)39(10)11)61(54(40(12)13)41(14)15)55(42(16)17)43(18)19/h2-7,12,14,16,19,30,35H,8-11,13,15H2,1H3,(H2,29,31);34H,1-33H2/t16?,19-;/m0./s1. The average molecular weight is 2650 g/mol. The minimum atomic E-state index is -3.58. The minimum absolute atomic E-state index is 0.0330. The summed E-state index contributed by atoms with van der Waals surface area (Å²) >= 11 is 0. The molecule has 4 aromatic rings. The van der Waals surface area contributed by atoms with Crippen LogP contribution < -0.4 is 11.1 Å². The molecule has 1 saturated heterocycles. The topological polar surface area (TPSA) is 166 Å². The maximum atomic E-state index is 14.9. The van der Waals surface area contributed by atoms with Crippen LogP contribution in [0.2, 0.25) is 0 Å². The van der Waals surface area contributed by atoms with Gasteiger partial charge in [0.15, 0.2) is 21.3 Å². The first-order chi connectivity index (χ1) is 48.8. The number of benzene rings is 2. The number of nitrogen functional groups attached to an aromatic ring is 1. The Bertz CT molecular complexity index is 3150. The number of aliphatic hydroxyl groups excluding tert-OH is 1. The average Bonchev–Trinajstić information content (AvgIpc) is 1.54. The van der Waals surface area contributed by atoms with Gasteiger partial charge >= 0.3 is 0 Å². The zero-order valence-electron chi connectivity index (χ0n) is 55.2. The van der Waals surface area contributed by atoms with Crippen molar-refractivity contribution in [3.8, 4) is 34.3 Å². The number of ether oxygens (including phenoxy) is 1. The molecule has 0 saturated carbocycles. The van der Waals surface area contributed by atoms with E-state index in [1.165, 1.54) is 24.4 Å². The summed E-state index contributed by atoms with van der Waals surface area (Å²) in [6, 6.07) is 11.2. The molecule has 2 aromatic carbocycles. The van der Waals surface area contributed by atoms with Gasteiger partial charge in [0.2, 0.25) is 0 Å². The van der Waals surface area contributed by atoms with E-state index < -0.39 is 20.9 Å². The van der Waals surface area contributed by atoms with Crippen LogP contribution in [-0.2, 0) is 21.1 Å². The molecule has 0 bridgehead atoms. The molecule has 2 aromatic heterocycles. The molecule has 1 aliphatic rings. The third-order valence-electron chi connectivity index (χ3n) is 12.4. The minimum Gasteiger partial charge on any atom is -0.414 e. The van der Waals surface area contributed by atoms with Crippen molar-refractivity contribution in [2.24, 2.45) is 0 Å². The Morgan fingerprint density at radius 1 is 0.533 bits per heavy atom. The van der Waals surface area contributed by atoms with Crippen LogP contribution in [-0.4, -0.2) is 64.8 Å². The fraction of sp³-hybridized carbons (Fsp3) is 0.333. The van der Waals surface area contributed by atoms with Gasteiger partial charge in [-0.1, -0.05) is 26.2 Å². The summed E-state index contributed by atoms with van der Waals surface area (Å²) in [4.78, 5) is 8.81. The Kier molecular flexibility index (Phi) is 73.1. The predicted octanol–water partition coefficient (Wildman–Crippen LogP) is 41.0. The molecule has 0 radical (unpaired) electrons. The van der Waals surface area contributed by atoms with Crippen molar-refractivity contribution in [3.05, 3.63) is 60.0 Å². The number of anilines is 1. The van der Waals surface area contributed by atoms with Crippen LogP contribution in [0.3, 0.4) is 0 Å². The zero-order chi connectivity index (χ0) is 79.9. The lowest BCUT2D eigenvalue weighted by atomic mass is 10.1. The van der Waals surface area contributed by atoms with Crippen molar-refractivity contribution in [1.29, 1.82) is 0 Å². The predicted molar refractivity (Wildman–Crippen MR) is 688 cm³/mol. The Morgan fingerprint density at radius 2 is 0.895 bits per heavy atom. The van der Waals surface area contributed by atoms with Gasteiger partial charge in [0, 0.05) is 31.4 Å². The zero-order valence-corrected chi connectivity index (χ0v) is 123. The molecule has 11 nitrogen and oxygen atoms in total. The number of hydrogen-bond donors (Lipinski definition) is 3. The van der Waals surface area contributed by atoms with Gasteiger partial charge < -0.3 is 25.3 Å². The second-order valence-corrected chi connectivity index (χ2v) is 289.